The van der Waals surface area contributed by atoms with Gasteiger partial charge in [-0.05, 0) is 192 Å². The number of aromatic nitrogens is 6. The molecule has 3 aromatic heterocycles. The molecule has 106 heavy (non-hydrogen) atoms. The van der Waals surface area contributed by atoms with Gasteiger partial charge in [0, 0.05) is 50.5 Å². The Bertz CT molecular complexity index is 5080. The van der Waals surface area contributed by atoms with Crippen LogP contribution in [0, 0.1) is 0 Å². The first-order valence-corrected chi connectivity index (χ1v) is 34.5. The zero-order chi connectivity index (χ0) is 77.3. The number of anilines is 6. The molecule has 16 nitrogen and oxygen atoms in total. The Morgan fingerprint density at radius 3 is 1.36 bits per heavy atom. The van der Waals surface area contributed by atoms with Gasteiger partial charge in [0.15, 0.2) is 11.4 Å². The van der Waals surface area contributed by atoms with Crippen molar-refractivity contribution in [2.45, 2.75) is 109 Å². The predicted octanol–water partition coefficient (Wildman–Crippen LogP) is 22.6. The summed E-state index contributed by atoms with van der Waals surface area (Å²) in [5, 5.41) is 24.4. The molecule has 8 aromatic carbocycles. The fourth-order valence-electron chi connectivity index (χ4n) is 9.84. The molecule has 0 saturated heterocycles. The number of thioether (sulfide) groups is 1. The number of aromatic amines is 1. The van der Waals surface area contributed by atoms with Gasteiger partial charge in [-0.2, -0.15) is 52.7 Å². The van der Waals surface area contributed by atoms with Crippen LogP contribution in [-0.2, 0) is 31.1 Å². The summed E-state index contributed by atoms with van der Waals surface area (Å²) in [6.07, 6.45) is -19.1. The summed E-state index contributed by atoms with van der Waals surface area (Å²) in [5.41, 5.74) is 0.586. The minimum Gasteiger partial charge on any atom is -0.489 e. The number of nitrogens with one attached hydrogen (secondary N) is 5. The van der Waals surface area contributed by atoms with Gasteiger partial charge in [-0.15, -0.1) is 0 Å². The molecular weight excluding hydrogens is 1540 g/mol. The smallest absolute Gasteiger partial charge is 0.416 e. The van der Waals surface area contributed by atoms with Crippen LogP contribution in [0.3, 0.4) is 0 Å². The minimum absolute atomic E-state index is 0.0227. The number of aliphatic hydroxyl groups is 1. The molecule has 0 fully saturated rings. The molecule has 558 valence electrons. The average molecular weight is 1600 g/mol. The van der Waals surface area contributed by atoms with E-state index in [1.807, 2.05) is 60.6 Å². The summed E-state index contributed by atoms with van der Waals surface area (Å²) in [5.74, 6) is 2.89. The summed E-state index contributed by atoms with van der Waals surface area (Å²) in [6, 6.07) is 34.9. The molecule has 11 aromatic rings. The van der Waals surface area contributed by atoms with E-state index >= 15 is 0 Å². The number of aliphatic imine (C=N–C) groups is 1. The van der Waals surface area contributed by atoms with Crippen LogP contribution in [0.25, 0.3) is 32.7 Å². The lowest BCUT2D eigenvalue weighted by Gasteiger charge is -2.24. The number of ether oxygens (including phenoxy) is 3. The van der Waals surface area contributed by atoms with Crippen molar-refractivity contribution in [2.75, 3.05) is 27.0 Å². The largest absolute Gasteiger partial charge is 0.489 e. The topological polar surface area (TPSA) is 206 Å². The lowest BCUT2D eigenvalue weighted by Crippen LogP contribution is -2.27. The van der Waals surface area contributed by atoms with Gasteiger partial charge in [-0.25, -0.2) is 29.9 Å². The van der Waals surface area contributed by atoms with E-state index in [1.54, 1.807) is 66.7 Å². The number of alkyl halides is 12. The number of nitrogens with zero attached hydrogens (tertiary/aromatic N) is 6. The Kier molecular flexibility index (Phi) is 26.0. The third kappa shape index (κ3) is 22.0. The standard InChI is InChI=1S/C25H20Cl2F3N3O.C18H14Cl2F3N3O.C18H17ClF3N3O2.C11H9F3N2OS/c1-14(2)34-23-10-8-18(13-20(23)27)31-24-32-21-9-5-16(25(28,29)30)12-19(21)22(33-24)11-15-3-6-17(26)7-4-15;1-9(2)27-15-6-4-11(8-13(15)19)24-17-25-14-5-3-10(18(21,22)23)7-12(14)16(20)26-17;1-9(2)27-15-6-4-11(8-13(15)19)23-17-24-14-5-3-10(18(20,21)22)7-12(14)16(26)25-17;1-2-18-10-15-8-4-3-6(11(12,13)14)5-7(8)9(17)16-10/h3-10,12-14H,11H2,1-2H3,(H,31,32,33);3-9H,1-2H3,(H,24,25,26);3-9,16,26H,1-2H3,(H2,23,24,25);3-5H,2H2,1H3,(H,15,16,17). The molecule has 0 radical (unpaired) electrons. The van der Waals surface area contributed by atoms with Gasteiger partial charge in [0.25, 0.3) is 5.56 Å². The van der Waals surface area contributed by atoms with Crippen molar-refractivity contribution in [3.8, 4) is 17.2 Å². The summed E-state index contributed by atoms with van der Waals surface area (Å²) in [6.45, 7) is 13.2. The van der Waals surface area contributed by atoms with Crippen molar-refractivity contribution < 1.29 is 72.0 Å². The van der Waals surface area contributed by atoms with Gasteiger partial charge in [-0.1, -0.05) is 88.8 Å². The van der Waals surface area contributed by atoms with E-state index in [-0.39, 0.29) is 68.7 Å². The number of hydrogen-bond acceptors (Lipinski definition) is 16. The van der Waals surface area contributed by atoms with Crippen molar-refractivity contribution in [3.63, 3.8) is 0 Å². The second kappa shape index (κ2) is 34.1. The molecule has 0 saturated carbocycles. The van der Waals surface area contributed by atoms with Gasteiger partial charge >= 0.3 is 24.7 Å². The highest BCUT2D eigenvalue weighted by molar-refractivity contribution is 7.99. The van der Waals surface area contributed by atoms with Crippen LogP contribution in [0.5, 0.6) is 17.2 Å². The first-order chi connectivity index (χ1) is 49.8. The Balaban J connectivity index is 0.000000167. The Labute approximate surface area is 626 Å². The molecular formula is C72H60Cl5F12N11O5S. The molecule has 1 atom stereocenters. The fraction of sp³-hybridized carbons (Fsp3) is 0.236. The molecule has 0 bridgehead atoms. The van der Waals surface area contributed by atoms with Crippen LogP contribution in [0.15, 0.2) is 167 Å². The normalized spacial score (nSPS) is 13.0. The van der Waals surface area contributed by atoms with Gasteiger partial charge in [-0.3, -0.25) is 4.79 Å². The van der Waals surface area contributed by atoms with Gasteiger partial charge in [0.2, 0.25) is 17.9 Å². The lowest BCUT2D eigenvalue weighted by molar-refractivity contribution is -0.138. The number of hydrogen-bond donors (Lipinski definition) is 6. The van der Waals surface area contributed by atoms with Crippen molar-refractivity contribution in [1.82, 2.24) is 29.9 Å². The molecule has 0 aliphatic carbocycles. The first kappa shape index (κ1) is 80.9. The minimum atomic E-state index is -4.49. The zero-order valence-corrected chi connectivity index (χ0v) is 60.9. The number of halogens is 17. The van der Waals surface area contributed by atoms with E-state index < -0.39 is 58.7 Å². The molecule has 1 unspecified atom stereocenters. The van der Waals surface area contributed by atoms with Crippen molar-refractivity contribution in [1.29, 1.82) is 0 Å². The summed E-state index contributed by atoms with van der Waals surface area (Å²) >= 11 is 32.0. The zero-order valence-electron chi connectivity index (χ0n) is 56.3. The molecule has 12 rings (SSSR count). The van der Waals surface area contributed by atoms with E-state index in [1.165, 1.54) is 36.0 Å². The van der Waals surface area contributed by atoms with Crippen LogP contribution in [0.4, 0.5) is 87.3 Å². The summed E-state index contributed by atoms with van der Waals surface area (Å²) < 4.78 is 171. The highest BCUT2D eigenvalue weighted by Crippen LogP contribution is 2.40. The molecule has 6 N–H and O–H groups in total. The molecule has 0 amide bonds. The quantitative estimate of drug-likeness (QED) is 0.0244. The fourth-order valence-corrected chi connectivity index (χ4v) is 11.5. The second-order valence-electron chi connectivity index (χ2n) is 23.7. The van der Waals surface area contributed by atoms with Crippen LogP contribution in [0.2, 0.25) is 25.2 Å². The van der Waals surface area contributed by atoms with Gasteiger partial charge in [0.1, 0.15) is 22.4 Å². The number of guanidine groups is 1. The third-order valence-corrected chi connectivity index (χ3v) is 16.7. The van der Waals surface area contributed by atoms with Crippen LogP contribution in [0.1, 0.15) is 93.8 Å². The summed E-state index contributed by atoms with van der Waals surface area (Å²) in [7, 11) is 0. The third-order valence-electron chi connectivity index (χ3n) is 14.5. The maximum Gasteiger partial charge on any atom is 0.416 e. The predicted molar refractivity (Wildman–Crippen MR) is 391 cm³/mol. The van der Waals surface area contributed by atoms with E-state index in [0.29, 0.717) is 88.3 Å². The van der Waals surface area contributed by atoms with E-state index in [4.69, 9.17) is 72.2 Å². The molecule has 34 heteroatoms. The maximum absolute atomic E-state index is 13.3. The van der Waals surface area contributed by atoms with Gasteiger partial charge in [0.05, 0.1) is 83.3 Å². The summed E-state index contributed by atoms with van der Waals surface area (Å²) in [4.78, 5) is 39.4. The molecule has 0 spiro atoms. The highest BCUT2D eigenvalue weighted by Gasteiger charge is 2.35. The van der Waals surface area contributed by atoms with Crippen molar-refractivity contribution in [2.24, 2.45) is 4.99 Å². The van der Waals surface area contributed by atoms with Crippen molar-refractivity contribution in [3.05, 3.63) is 226 Å². The monoisotopic (exact) mass is 1590 g/mol. The van der Waals surface area contributed by atoms with E-state index in [2.05, 4.69) is 56.2 Å². The number of aliphatic hydroxyl groups excluding tert-OH is 1. The Morgan fingerprint density at radius 2 is 0.906 bits per heavy atom. The van der Waals surface area contributed by atoms with Gasteiger partial charge < -0.3 is 45.6 Å². The number of benzene rings is 8. The molecule has 4 heterocycles. The first-order valence-electron chi connectivity index (χ1n) is 31.6. The second-order valence-corrected chi connectivity index (χ2v) is 27.0. The highest BCUT2D eigenvalue weighted by atomic mass is 35.5. The maximum atomic E-state index is 13.3. The number of rotatable bonds is 15. The lowest BCUT2D eigenvalue weighted by atomic mass is 10.0. The van der Waals surface area contributed by atoms with Crippen molar-refractivity contribution >= 4 is 143 Å². The van der Waals surface area contributed by atoms with Crippen LogP contribution in [-0.4, -0.2) is 65.0 Å². The SMILES string of the molecule is CC(C)Oc1ccc(NC2=NC(O)c3cc(C(F)(F)F)ccc3N2)cc1Cl.CC(C)Oc1ccc(Nc2nc(Cc3ccc(Cl)cc3)c3cc(C(F)(F)F)ccc3n2)cc1Cl.CC(C)Oc1ccc(Nc2nc(Cl)c3cc(C(F)(F)F)ccc3n2)cc1Cl.CCSc1nc2ccc(C(F)(F)F)cc2c(=O)[nH]1. The molecule has 1 aliphatic heterocycles. The van der Waals surface area contributed by atoms with E-state index in [0.717, 1.165) is 59.8 Å². The van der Waals surface area contributed by atoms with E-state index in [9.17, 15) is 62.6 Å². The Morgan fingerprint density at radius 1 is 0.491 bits per heavy atom. The molecule has 1 aliphatic rings. The number of fused-ring (bicyclic) bond motifs is 4. The van der Waals surface area contributed by atoms with Crippen LogP contribution >= 0.6 is 69.8 Å². The number of H-pyrrole nitrogens is 1. The van der Waals surface area contributed by atoms with Crippen LogP contribution < -0.4 is 41.0 Å². The Hall–Kier alpha value is -9.23. The average Bonchev–Trinajstić information content (AvgIpc) is 0.795.